The number of anilines is 1. The summed E-state index contributed by atoms with van der Waals surface area (Å²) in [5.41, 5.74) is 0.0559. The molecule has 7 heteroatoms. The summed E-state index contributed by atoms with van der Waals surface area (Å²) in [4.78, 5) is 22.5. The number of hydrogen-bond donors (Lipinski definition) is 2. The number of nitrogens with one attached hydrogen (secondary N) is 1. The second kappa shape index (κ2) is 7.37. The Hall–Kier alpha value is -4.18. The number of hydrogen-bond acceptors (Lipinski definition) is 5. The van der Waals surface area contributed by atoms with Gasteiger partial charge in [0.05, 0.1) is 4.92 Å². The van der Waals surface area contributed by atoms with E-state index in [1.807, 2.05) is 30.3 Å². The lowest BCUT2D eigenvalue weighted by atomic mass is 10.1. The number of rotatable bonds is 4. The molecule has 7 nitrogen and oxygen atoms in total. The topological polar surface area (TPSA) is 116 Å². The van der Waals surface area contributed by atoms with E-state index in [0.29, 0.717) is 5.69 Å². The second-order valence-corrected chi connectivity index (χ2v) is 5.69. The molecule has 0 fully saturated rings. The Labute approximate surface area is 153 Å². The fourth-order valence-corrected chi connectivity index (χ4v) is 2.56. The zero-order valence-electron chi connectivity index (χ0n) is 13.9. The fourth-order valence-electron chi connectivity index (χ4n) is 2.56. The highest BCUT2D eigenvalue weighted by molar-refractivity contribution is 6.10. The molecule has 132 valence electrons. The molecule has 3 aromatic carbocycles. The summed E-state index contributed by atoms with van der Waals surface area (Å²) in [5.74, 6) is -1.13. The fraction of sp³-hybridized carbons (Fsp3) is 0. The molecule has 27 heavy (non-hydrogen) atoms. The number of fused-ring (bicyclic) bond motifs is 1. The van der Waals surface area contributed by atoms with Crippen LogP contribution in [0.25, 0.3) is 16.8 Å². The number of amides is 1. The summed E-state index contributed by atoms with van der Waals surface area (Å²) in [5, 5.41) is 34.2. The molecule has 0 saturated heterocycles. The molecule has 0 aliphatic heterocycles. The van der Waals surface area contributed by atoms with Gasteiger partial charge in [-0.05, 0) is 40.6 Å². The number of nitro groups is 1. The maximum atomic E-state index is 12.4. The largest absolute Gasteiger partial charge is 0.502 e. The Kier molecular flexibility index (Phi) is 4.82. The Morgan fingerprint density at radius 2 is 1.85 bits per heavy atom. The number of phenolic OH excluding ortho intramolecular Hbond substituents is 1. The molecule has 0 saturated carbocycles. The normalized spacial score (nSPS) is 11.0. The average Bonchev–Trinajstić information content (AvgIpc) is 2.66. The first-order chi connectivity index (χ1) is 13.0. The first-order valence-corrected chi connectivity index (χ1v) is 7.87. The molecular formula is C20H13N3O4. The molecule has 3 aromatic rings. The minimum Gasteiger partial charge on any atom is -0.502 e. The van der Waals surface area contributed by atoms with Crippen LogP contribution in [0.15, 0.2) is 66.2 Å². The number of carbonyl (C=O) groups is 1. The Morgan fingerprint density at radius 3 is 2.56 bits per heavy atom. The van der Waals surface area contributed by atoms with E-state index < -0.39 is 22.3 Å². The number of phenols is 1. The first-order valence-electron chi connectivity index (χ1n) is 7.87. The van der Waals surface area contributed by atoms with Crippen molar-refractivity contribution in [2.75, 3.05) is 5.32 Å². The molecule has 0 spiro atoms. The van der Waals surface area contributed by atoms with Crippen LogP contribution in [-0.4, -0.2) is 15.9 Å². The molecule has 0 radical (unpaired) electrons. The van der Waals surface area contributed by atoms with Crippen LogP contribution < -0.4 is 5.32 Å². The third-order valence-corrected chi connectivity index (χ3v) is 3.88. The van der Waals surface area contributed by atoms with E-state index in [-0.39, 0.29) is 11.1 Å². The van der Waals surface area contributed by atoms with Crippen LogP contribution in [0.4, 0.5) is 11.4 Å². The number of carbonyl (C=O) groups excluding carboxylic acids is 1. The molecule has 0 aromatic heterocycles. The van der Waals surface area contributed by atoms with Gasteiger partial charge in [0.15, 0.2) is 5.75 Å². The van der Waals surface area contributed by atoms with Crippen LogP contribution >= 0.6 is 0 Å². The summed E-state index contributed by atoms with van der Waals surface area (Å²) in [7, 11) is 0. The first kappa shape index (κ1) is 17.6. The lowest BCUT2D eigenvalue weighted by molar-refractivity contribution is -0.385. The lowest BCUT2D eigenvalue weighted by Gasteiger charge is -2.06. The SMILES string of the molecule is N#C/C(=C/c1ccc(O)c([N+](=O)[O-])c1)C(=O)Nc1ccc2ccccc2c1. The second-order valence-electron chi connectivity index (χ2n) is 5.69. The van der Waals surface area contributed by atoms with Gasteiger partial charge >= 0.3 is 5.69 Å². The van der Waals surface area contributed by atoms with Gasteiger partial charge in [0, 0.05) is 11.8 Å². The van der Waals surface area contributed by atoms with Crippen molar-refractivity contribution in [3.8, 4) is 11.8 Å². The van der Waals surface area contributed by atoms with Crippen LogP contribution in [0.1, 0.15) is 5.56 Å². The minimum absolute atomic E-state index is 0.219. The minimum atomic E-state index is -0.742. The number of nitriles is 1. The van der Waals surface area contributed by atoms with Crippen molar-refractivity contribution in [1.29, 1.82) is 5.26 Å². The van der Waals surface area contributed by atoms with Gasteiger partial charge in [0.1, 0.15) is 11.6 Å². The molecule has 0 unspecified atom stereocenters. The maximum absolute atomic E-state index is 12.4. The molecule has 0 bridgehead atoms. The van der Waals surface area contributed by atoms with E-state index in [4.69, 9.17) is 0 Å². The maximum Gasteiger partial charge on any atom is 0.311 e. The molecule has 0 heterocycles. The Bertz CT molecular complexity index is 1130. The number of benzene rings is 3. The standard InChI is InChI=1S/C20H13N3O4/c21-12-16(9-13-5-8-19(24)18(10-13)23(26)27)20(25)22-17-7-6-14-3-1-2-4-15(14)11-17/h1-11,24H,(H,22,25)/b16-9-. The summed E-state index contributed by atoms with van der Waals surface area (Å²) < 4.78 is 0. The van der Waals surface area contributed by atoms with E-state index in [1.165, 1.54) is 12.1 Å². The van der Waals surface area contributed by atoms with Crippen LogP contribution in [0, 0.1) is 21.4 Å². The lowest BCUT2D eigenvalue weighted by Crippen LogP contribution is -2.13. The molecule has 0 aliphatic carbocycles. The monoisotopic (exact) mass is 359 g/mol. The summed E-state index contributed by atoms with van der Waals surface area (Å²) in [6, 6.07) is 18.4. The summed E-state index contributed by atoms with van der Waals surface area (Å²) in [6.45, 7) is 0. The zero-order chi connectivity index (χ0) is 19.4. The highest BCUT2D eigenvalue weighted by atomic mass is 16.6. The van der Waals surface area contributed by atoms with Crippen molar-refractivity contribution in [3.63, 3.8) is 0 Å². The Balaban J connectivity index is 1.87. The highest BCUT2D eigenvalue weighted by Crippen LogP contribution is 2.27. The molecule has 2 N–H and O–H groups in total. The number of nitrogens with zero attached hydrogens (tertiary/aromatic N) is 2. The van der Waals surface area contributed by atoms with Gasteiger partial charge in [-0.2, -0.15) is 5.26 Å². The van der Waals surface area contributed by atoms with Crippen LogP contribution in [0.5, 0.6) is 5.75 Å². The van der Waals surface area contributed by atoms with Gasteiger partial charge in [0.2, 0.25) is 0 Å². The van der Waals surface area contributed by atoms with E-state index in [1.54, 1.807) is 18.2 Å². The van der Waals surface area contributed by atoms with Crippen LogP contribution in [0.2, 0.25) is 0 Å². The quantitative estimate of drug-likeness (QED) is 0.316. The van der Waals surface area contributed by atoms with Crippen molar-refractivity contribution in [2.45, 2.75) is 0 Å². The number of aromatic hydroxyl groups is 1. The van der Waals surface area contributed by atoms with Gasteiger partial charge in [-0.3, -0.25) is 14.9 Å². The van der Waals surface area contributed by atoms with Crippen molar-refractivity contribution in [3.05, 3.63) is 81.9 Å². The van der Waals surface area contributed by atoms with E-state index in [0.717, 1.165) is 22.9 Å². The van der Waals surface area contributed by atoms with Crippen molar-refractivity contribution < 1.29 is 14.8 Å². The van der Waals surface area contributed by atoms with Crippen molar-refractivity contribution in [1.82, 2.24) is 0 Å². The summed E-state index contributed by atoms with van der Waals surface area (Å²) >= 11 is 0. The van der Waals surface area contributed by atoms with Crippen LogP contribution in [-0.2, 0) is 4.79 Å². The molecule has 3 rings (SSSR count). The summed E-state index contributed by atoms with van der Waals surface area (Å²) in [6.07, 6.45) is 1.23. The molecular weight excluding hydrogens is 346 g/mol. The van der Waals surface area contributed by atoms with Gasteiger partial charge in [-0.25, -0.2) is 0 Å². The molecule has 0 atom stereocenters. The Morgan fingerprint density at radius 1 is 1.11 bits per heavy atom. The molecule has 0 aliphatic rings. The zero-order valence-corrected chi connectivity index (χ0v) is 13.9. The van der Waals surface area contributed by atoms with E-state index >= 15 is 0 Å². The van der Waals surface area contributed by atoms with Crippen molar-refractivity contribution in [2.24, 2.45) is 0 Å². The van der Waals surface area contributed by atoms with E-state index in [2.05, 4.69) is 5.32 Å². The third-order valence-electron chi connectivity index (χ3n) is 3.88. The third kappa shape index (κ3) is 3.91. The van der Waals surface area contributed by atoms with Gasteiger partial charge in [0.25, 0.3) is 5.91 Å². The average molecular weight is 359 g/mol. The van der Waals surface area contributed by atoms with E-state index in [9.17, 15) is 25.3 Å². The smallest absolute Gasteiger partial charge is 0.311 e. The predicted molar refractivity (Wildman–Crippen MR) is 101 cm³/mol. The van der Waals surface area contributed by atoms with Gasteiger partial charge in [-0.15, -0.1) is 0 Å². The van der Waals surface area contributed by atoms with Gasteiger partial charge < -0.3 is 10.4 Å². The van der Waals surface area contributed by atoms with Crippen molar-refractivity contribution >= 4 is 34.1 Å². The highest BCUT2D eigenvalue weighted by Gasteiger charge is 2.15. The number of nitro benzene ring substituents is 1. The predicted octanol–water partition coefficient (Wildman–Crippen LogP) is 4.00. The van der Waals surface area contributed by atoms with Crippen LogP contribution in [0.3, 0.4) is 0 Å². The van der Waals surface area contributed by atoms with Gasteiger partial charge in [-0.1, -0.05) is 36.4 Å². The molecule has 1 amide bonds.